The van der Waals surface area contributed by atoms with E-state index in [0.717, 1.165) is 6.07 Å². The number of benzene rings is 1. The van der Waals surface area contributed by atoms with Crippen LogP contribution in [0.1, 0.15) is 22.8 Å². The van der Waals surface area contributed by atoms with Gasteiger partial charge in [-0.2, -0.15) is 13.2 Å². The molecule has 1 aromatic carbocycles. The predicted octanol–water partition coefficient (Wildman–Crippen LogP) is 2.59. The summed E-state index contributed by atoms with van der Waals surface area (Å²) in [7, 11) is 3.31. The van der Waals surface area contributed by atoms with E-state index >= 15 is 0 Å². The van der Waals surface area contributed by atoms with E-state index in [1.807, 2.05) is 0 Å². The Kier molecular flexibility index (Phi) is 6.14. The minimum absolute atomic E-state index is 0.227. The van der Waals surface area contributed by atoms with Gasteiger partial charge in [0.05, 0.1) is 11.9 Å². The van der Waals surface area contributed by atoms with Crippen LogP contribution in [-0.2, 0) is 11.0 Å². The van der Waals surface area contributed by atoms with Crippen LogP contribution in [0, 0.1) is 0 Å². The molecule has 1 rings (SSSR count). The Bertz CT molecular complexity index is 630. The van der Waals surface area contributed by atoms with Crippen LogP contribution in [0.15, 0.2) is 23.2 Å². The van der Waals surface area contributed by atoms with Gasteiger partial charge in [0.1, 0.15) is 6.04 Å². The van der Waals surface area contributed by atoms with Gasteiger partial charge >= 0.3 is 6.18 Å². The third-order valence-electron chi connectivity index (χ3n) is 2.62. The molecule has 1 unspecified atom stereocenters. The average molecular weight is 350 g/mol. The zero-order valence-corrected chi connectivity index (χ0v) is 13.4. The Balaban J connectivity index is 2.90. The molecule has 9 heteroatoms. The van der Waals surface area contributed by atoms with Gasteiger partial charge in [0.2, 0.25) is 0 Å². The second-order valence-electron chi connectivity index (χ2n) is 4.97. The van der Waals surface area contributed by atoms with Gasteiger partial charge < -0.3 is 10.2 Å². The van der Waals surface area contributed by atoms with E-state index in [0.29, 0.717) is 12.1 Å². The van der Waals surface area contributed by atoms with Crippen molar-refractivity contribution in [3.05, 3.63) is 34.3 Å². The summed E-state index contributed by atoms with van der Waals surface area (Å²) in [6, 6.07) is 1.48. The zero-order valence-electron chi connectivity index (χ0n) is 12.6. The highest BCUT2D eigenvalue weighted by atomic mass is 35.5. The first-order valence-electron chi connectivity index (χ1n) is 6.44. The third kappa shape index (κ3) is 5.90. The normalized spacial score (nSPS) is 13.0. The topological polar surface area (TPSA) is 61.8 Å². The molecule has 0 bridgehead atoms. The summed E-state index contributed by atoms with van der Waals surface area (Å²) in [6.07, 6.45) is -3.37. The molecule has 0 saturated heterocycles. The van der Waals surface area contributed by atoms with Gasteiger partial charge in [-0.3, -0.25) is 9.59 Å². The first-order chi connectivity index (χ1) is 10.5. The van der Waals surface area contributed by atoms with Crippen molar-refractivity contribution in [3.63, 3.8) is 0 Å². The number of amides is 2. The highest BCUT2D eigenvalue weighted by Gasteiger charge is 2.32. The third-order valence-corrected chi connectivity index (χ3v) is 2.84. The standard InChI is InChI=1S/C14H15ClF3N3O2/c1-8(12(22)19-7-21(2)3)20-13(23)9-4-10(14(16,17)18)6-11(15)5-9/h4-8H,1-3H3,(H,20,23)/b19-7+. The van der Waals surface area contributed by atoms with Gasteiger partial charge in [0, 0.05) is 24.7 Å². The van der Waals surface area contributed by atoms with E-state index in [2.05, 4.69) is 10.3 Å². The number of aliphatic imine (C=N–C) groups is 1. The average Bonchev–Trinajstić information content (AvgIpc) is 2.42. The van der Waals surface area contributed by atoms with Crippen LogP contribution in [0.3, 0.4) is 0 Å². The molecule has 0 radical (unpaired) electrons. The van der Waals surface area contributed by atoms with E-state index in [9.17, 15) is 22.8 Å². The van der Waals surface area contributed by atoms with Crippen molar-refractivity contribution in [3.8, 4) is 0 Å². The highest BCUT2D eigenvalue weighted by Crippen LogP contribution is 2.31. The number of carbonyl (C=O) groups is 2. The summed E-state index contributed by atoms with van der Waals surface area (Å²) < 4.78 is 38.1. The van der Waals surface area contributed by atoms with Crippen LogP contribution in [0.2, 0.25) is 5.02 Å². The molecule has 2 amide bonds. The van der Waals surface area contributed by atoms with Crippen molar-refractivity contribution in [2.75, 3.05) is 14.1 Å². The predicted molar refractivity (Wildman–Crippen MR) is 80.6 cm³/mol. The first kappa shape index (κ1) is 19.0. The van der Waals surface area contributed by atoms with Gasteiger partial charge in [-0.05, 0) is 25.1 Å². The van der Waals surface area contributed by atoms with Gasteiger partial charge in [-0.15, -0.1) is 0 Å². The maximum absolute atomic E-state index is 12.7. The first-order valence-corrected chi connectivity index (χ1v) is 6.81. The minimum atomic E-state index is -4.63. The molecule has 0 aliphatic heterocycles. The van der Waals surface area contributed by atoms with E-state index < -0.39 is 29.6 Å². The number of nitrogens with zero attached hydrogens (tertiary/aromatic N) is 2. The number of alkyl halides is 3. The summed E-state index contributed by atoms with van der Waals surface area (Å²) in [4.78, 5) is 28.8. The zero-order chi connectivity index (χ0) is 17.8. The second-order valence-corrected chi connectivity index (χ2v) is 5.40. The SMILES string of the molecule is CC(NC(=O)c1cc(Cl)cc(C(F)(F)F)c1)C(=O)/N=C/N(C)C. The van der Waals surface area contributed by atoms with E-state index in [1.165, 1.54) is 18.2 Å². The van der Waals surface area contributed by atoms with Crippen LogP contribution in [0.25, 0.3) is 0 Å². The molecule has 0 fully saturated rings. The second kappa shape index (κ2) is 7.45. The number of nitrogens with one attached hydrogen (secondary N) is 1. The highest BCUT2D eigenvalue weighted by molar-refractivity contribution is 6.31. The number of rotatable bonds is 4. The lowest BCUT2D eigenvalue weighted by Gasteiger charge is -2.13. The summed E-state index contributed by atoms with van der Waals surface area (Å²) >= 11 is 5.61. The van der Waals surface area contributed by atoms with Crippen LogP contribution in [0.4, 0.5) is 13.2 Å². The molecule has 0 aromatic heterocycles. The fourth-order valence-electron chi connectivity index (χ4n) is 1.51. The van der Waals surface area contributed by atoms with Crippen molar-refractivity contribution < 1.29 is 22.8 Å². The number of carbonyl (C=O) groups excluding carboxylic acids is 2. The fourth-order valence-corrected chi connectivity index (χ4v) is 1.75. The van der Waals surface area contributed by atoms with Crippen LogP contribution < -0.4 is 5.32 Å². The van der Waals surface area contributed by atoms with Crippen molar-refractivity contribution in [2.45, 2.75) is 19.1 Å². The minimum Gasteiger partial charge on any atom is -0.369 e. The Morgan fingerprint density at radius 3 is 2.43 bits per heavy atom. The van der Waals surface area contributed by atoms with Gasteiger partial charge in [0.15, 0.2) is 0 Å². The van der Waals surface area contributed by atoms with E-state index in [-0.39, 0.29) is 10.6 Å². The lowest BCUT2D eigenvalue weighted by Crippen LogP contribution is -2.38. The lowest BCUT2D eigenvalue weighted by molar-refractivity contribution is -0.137. The van der Waals surface area contributed by atoms with Crippen molar-refractivity contribution in [1.29, 1.82) is 0 Å². The molecule has 126 valence electrons. The molecule has 0 saturated carbocycles. The number of hydrogen-bond donors (Lipinski definition) is 1. The van der Waals surface area contributed by atoms with E-state index in [4.69, 9.17) is 11.6 Å². The summed E-state index contributed by atoms with van der Waals surface area (Å²) in [5.41, 5.74) is -1.33. The molecule has 0 spiro atoms. The van der Waals surface area contributed by atoms with Gasteiger partial charge in [-0.1, -0.05) is 11.6 Å². The van der Waals surface area contributed by atoms with Crippen LogP contribution in [-0.4, -0.2) is 43.2 Å². The molecule has 23 heavy (non-hydrogen) atoms. The molecular weight excluding hydrogens is 335 g/mol. The van der Waals surface area contributed by atoms with Crippen LogP contribution >= 0.6 is 11.6 Å². The molecular formula is C14H15ClF3N3O2. The molecule has 1 aromatic rings. The molecule has 0 aliphatic carbocycles. The maximum Gasteiger partial charge on any atom is 0.416 e. The quantitative estimate of drug-likeness (QED) is 0.671. The largest absolute Gasteiger partial charge is 0.416 e. The number of hydrogen-bond acceptors (Lipinski definition) is 2. The van der Waals surface area contributed by atoms with Crippen LogP contribution in [0.5, 0.6) is 0 Å². The smallest absolute Gasteiger partial charge is 0.369 e. The molecule has 0 aliphatic rings. The molecule has 0 heterocycles. The Morgan fingerprint density at radius 1 is 1.30 bits per heavy atom. The monoisotopic (exact) mass is 349 g/mol. The fraction of sp³-hybridized carbons (Fsp3) is 0.357. The van der Waals surface area contributed by atoms with Crippen molar-refractivity contribution >= 4 is 29.8 Å². The molecule has 1 atom stereocenters. The maximum atomic E-state index is 12.7. The van der Waals surface area contributed by atoms with E-state index in [1.54, 1.807) is 14.1 Å². The summed E-state index contributed by atoms with van der Waals surface area (Å²) in [5, 5.41) is 2.05. The van der Waals surface area contributed by atoms with Crippen molar-refractivity contribution in [1.82, 2.24) is 10.2 Å². The summed E-state index contributed by atoms with van der Waals surface area (Å²) in [6.45, 7) is 1.38. The van der Waals surface area contributed by atoms with Gasteiger partial charge in [0.25, 0.3) is 11.8 Å². The molecule has 1 N–H and O–H groups in total. The molecule has 5 nitrogen and oxygen atoms in total. The lowest BCUT2D eigenvalue weighted by atomic mass is 10.1. The Labute approximate surface area is 136 Å². The van der Waals surface area contributed by atoms with Gasteiger partial charge in [-0.25, -0.2) is 4.99 Å². The summed E-state index contributed by atoms with van der Waals surface area (Å²) in [5.74, 6) is -1.48. The van der Waals surface area contributed by atoms with Crippen molar-refractivity contribution in [2.24, 2.45) is 4.99 Å². The Morgan fingerprint density at radius 2 is 1.91 bits per heavy atom. The Hall–Kier alpha value is -2.09. The number of halogens is 4.